The third-order valence-electron chi connectivity index (χ3n) is 3.00. The van der Waals surface area contributed by atoms with Gasteiger partial charge in [-0.3, -0.25) is 0 Å². The lowest BCUT2D eigenvalue weighted by Crippen LogP contribution is -2.18. The summed E-state index contributed by atoms with van der Waals surface area (Å²) >= 11 is 0. The monoisotopic (exact) mass is 244 g/mol. The number of rotatable bonds is 4. The molecule has 0 amide bonds. The number of nitrogen functional groups attached to an aromatic ring is 1. The van der Waals surface area contributed by atoms with Crippen LogP contribution in [0.1, 0.15) is 24.1 Å². The molecule has 1 unspecified atom stereocenters. The van der Waals surface area contributed by atoms with Crippen molar-refractivity contribution in [1.29, 1.82) is 0 Å². The summed E-state index contributed by atoms with van der Waals surface area (Å²) in [5.74, 6) is -0.208. The number of nitrogens with one attached hydrogen (secondary N) is 1. The van der Waals surface area contributed by atoms with Crippen LogP contribution in [0.15, 0.2) is 48.5 Å². The first-order valence-electron chi connectivity index (χ1n) is 5.99. The van der Waals surface area contributed by atoms with Crippen molar-refractivity contribution >= 4 is 5.69 Å². The van der Waals surface area contributed by atoms with Gasteiger partial charge >= 0.3 is 0 Å². The summed E-state index contributed by atoms with van der Waals surface area (Å²) < 4.78 is 13.1. The first-order chi connectivity index (χ1) is 8.66. The number of hydrogen-bond acceptors (Lipinski definition) is 2. The molecular weight excluding hydrogens is 227 g/mol. The smallest absolute Gasteiger partial charge is 0.123 e. The van der Waals surface area contributed by atoms with Crippen molar-refractivity contribution in [2.75, 3.05) is 5.73 Å². The molecule has 0 heterocycles. The Kier molecular flexibility index (Phi) is 3.95. The number of halogens is 1. The van der Waals surface area contributed by atoms with E-state index in [0.29, 0.717) is 6.54 Å². The van der Waals surface area contributed by atoms with Gasteiger partial charge < -0.3 is 11.1 Å². The maximum atomic E-state index is 13.1. The number of benzene rings is 2. The molecular formula is C15H17FN2. The minimum absolute atomic E-state index is 0.0836. The summed E-state index contributed by atoms with van der Waals surface area (Å²) in [4.78, 5) is 0. The molecule has 0 saturated heterocycles. The van der Waals surface area contributed by atoms with Crippen molar-refractivity contribution in [2.24, 2.45) is 0 Å². The number of nitrogens with two attached hydrogens (primary N) is 1. The van der Waals surface area contributed by atoms with Crippen molar-refractivity contribution in [3.63, 3.8) is 0 Å². The lowest BCUT2D eigenvalue weighted by atomic mass is 10.1. The van der Waals surface area contributed by atoms with Gasteiger partial charge in [0.05, 0.1) is 0 Å². The van der Waals surface area contributed by atoms with E-state index in [1.807, 2.05) is 37.3 Å². The van der Waals surface area contributed by atoms with Gasteiger partial charge in [-0.25, -0.2) is 4.39 Å². The summed E-state index contributed by atoms with van der Waals surface area (Å²) in [6.45, 7) is 2.68. The van der Waals surface area contributed by atoms with Gasteiger partial charge in [-0.15, -0.1) is 0 Å². The second-order valence-corrected chi connectivity index (χ2v) is 4.36. The number of para-hydroxylation sites is 1. The number of anilines is 1. The van der Waals surface area contributed by atoms with Crippen LogP contribution >= 0.6 is 0 Å². The topological polar surface area (TPSA) is 38.0 Å². The van der Waals surface area contributed by atoms with Gasteiger partial charge in [0, 0.05) is 18.3 Å². The second kappa shape index (κ2) is 5.65. The van der Waals surface area contributed by atoms with Crippen LogP contribution in [0.5, 0.6) is 0 Å². The van der Waals surface area contributed by atoms with Crippen LogP contribution in [-0.4, -0.2) is 0 Å². The fourth-order valence-corrected chi connectivity index (χ4v) is 1.85. The Morgan fingerprint density at radius 3 is 2.67 bits per heavy atom. The minimum atomic E-state index is -0.208. The standard InChI is InChI=1S/C15H17FN2/c1-11(12-6-4-7-14(16)9-12)18-10-13-5-2-3-8-15(13)17/h2-9,11,18H,10,17H2,1H3. The van der Waals surface area contributed by atoms with E-state index in [1.165, 1.54) is 6.07 Å². The molecule has 0 aliphatic rings. The summed E-state index contributed by atoms with van der Waals surface area (Å²) in [7, 11) is 0. The predicted octanol–water partition coefficient (Wildman–Crippen LogP) is 3.26. The Bertz CT molecular complexity index is 525. The Morgan fingerprint density at radius 1 is 1.17 bits per heavy atom. The van der Waals surface area contributed by atoms with Crippen LogP contribution in [0.3, 0.4) is 0 Å². The van der Waals surface area contributed by atoms with Crippen molar-refractivity contribution in [2.45, 2.75) is 19.5 Å². The van der Waals surface area contributed by atoms with Gasteiger partial charge in [0.2, 0.25) is 0 Å². The van der Waals surface area contributed by atoms with Crippen molar-refractivity contribution < 1.29 is 4.39 Å². The van der Waals surface area contributed by atoms with Crippen molar-refractivity contribution in [3.8, 4) is 0 Å². The van der Waals surface area contributed by atoms with Crippen LogP contribution in [0.4, 0.5) is 10.1 Å². The molecule has 3 N–H and O–H groups in total. The quantitative estimate of drug-likeness (QED) is 0.810. The molecule has 94 valence electrons. The van der Waals surface area contributed by atoms with E-state index in [-0.39, 0.29) is 11.9 Å². The Balaban J connectivity index is 2.00. The molecule has 0 bridgehead atoms. The van der Waals surface area contributed by atoms with E-state index in [2.05, 4.69) is 5.32 Å². The highest BCUT2D eigenvalue weighted by Crippen LogP contribution is 2.16. The molecule has 3 heteroatoms. The zero-order valence-electron chi connectivity index (χ0n) is 10.4. The molecule has 1 atom stereocenters. The zero-order valence-corrected chi connectivity index (χ0v) is 10.4. The molecule has 0 radical (unpaired) electrons. The SMILES string of the molecule is CC(NCc1ccccc1N)c1cccc(F)c1. The van der Waals surface area contributed by atoms with Crippen molar-refractivity contribution in [1.82, 2.24) is 5.32 Å². The average molecular weight is 244 g/mol. The predicted molar refractivity (Wildman–Crippen MR) is 72.5 cm³/mol. The fraction of sp³-hybridized carbons (Fsp3) is 0.200. The van der Waals surface area contributed by atoms with E-state index in [1.54, 1.807) is 12.1 Å². The minimum Gasteiger partial charge on any atom is -0.398 e. The summed E-state index contributed by atoms with van der Waals surface area (Å²) in [5, 5.41) is 3.34. The van der Waals surface area contributed by atoms with Gasteiger partial charge in [-0.05, 0) is 36.2 Å². The van der Waals surface area contributed by atoms with Crippen LogP contribution in [0, 0.1) is 5.82 Å². The molecule has 0 saturated carbocycles. The summed E-state index contributed by atoms with van der Waals surface area (Å²) in [5.41, 5.74) is 8.64. The fourth-order valence-electron chi connectivity index (χ4n) is 1.85. The molecule has 0 aromatic heterocycles. The van der Waals surface area contributed by atoms with E-state index < -0.39 is 0 Å². The largest absolute Gasteiger partial charge is 0.398 e. The van der Waals surface area contributed by atoms with Gasteiger partial charge in [-0.2, -0.15) is 0 Å². The molecule has 2 nitrogen and oxygen atoms in total. The Hall–Kier alpha value is -1.87. The van der Waals surface area contributed by atoms with Crippen LogP contribution < -0.4 is 11.1 Å². The molecule has 0 fully saturated rings. The average Bonchev–Trinajstić information content (AvgIpc) is 2.37. The maximum Gasteiger partial charge on any atom is 0.123 e. The highest BCUT2D eigenvalue weighted by Gasteiger charge is 2.06. The second-order valence-electron chi connectivity index (χ2n) is 4.36. The van der Waals surface area contributed by atoms with Gasteiger partial charge in [0.25, 0.3) is 0 Å². The highest BCUT2D eigenvalue weighted by atomic mass is 19.1. The van der Waals surface area contributed by atoms with Crippen molar-refractivity contribution in [3.05, 3.63) is 65.5 Å². The summed E-state index contributed by atoms with van der Waals surface area (Å²) in [6, 6.07) is 14.5. The molecule has 18 heavy (non-hydrogen) atoms. The molecule has 2 rings (SSSR count). The molecule has 0 aliphatic carbocycles. The Morgan fingerprint density at radius 2 is 1.94 bits per heavy atom. The molecule has 2 aromatic carbocycles. The van der Waals surface area contributed by atoms with E-state index in [9.17, 15) is 4.39 Å². The lowest BCUT2D eigenvalue weighted by molar-refractivity contribution is 0.565. The normalized spacial score (nSPS) is 12.3. The lowest BCUT2D eigenvalue weighted by Gasteiger charge is -2.15. The third kappa shape index (κ3) is 3.08. The number of hydrogen-bond donors (Lipinski definition) is 2. The first kappa shape index (κ1) is 12.6. The molecule has 2 aromatic rings. The van der Waals surface area contributed by atoms with Crippen LogP contribution in [0.25, 0.3) is 0 Å². The molecule has 0 aliphatic heterocycles. The van der Waals surface area contributed by atoms with Gasteiger partial charge in [-0.1, -0.05) is 30.3 Å². The van der Waals surface area contributed by atoms with E-state index >= 15 is 0 Å². The van der Waals surface area contributed by atoms with E-state index in [4.69, 9.17) is 5.73 Å². The summed E-state index contributed by atoms with van der Waals surface area (Å²) in [6.07, 6.45) is 0. The molecule has 0 spiro atoms. The third-order valence-corrected chi connectivity index (χ3v) is 3.00. The zero-order chi connectivity index (χ0) is 13.0. The van der Waals surface area contributed by atoms with E-state index in [0.717, 1.165) is 16.8 Å². The maximum absolute atomic E-state index is 13.1. The van der Waals surface area contributed by atoms with Gasteiger partial charge in [0.1, 0.15) is 5.82 Å². The first-order valence-corrected chi connectivity index (χ1v) is 5.99. The van der Waals surface area contributed by atoms with Crippen LogP contribution in [-0.2, 0) is 6.54 Å². The Labute approximate surface area is 107 Å². The highest BCUT2D eigenvalue weighted by molar-refractivity contribution is 5.46. The van der Waals surface area contributed by atoms with Crippen LogP contribution in [0.2, 0.25) is 0 Å². The van der Waals surface area contributed by atoms with Gasteiger partial charge in [0.15, 0.2) is 0 Å².